The van der Waals surface area contributed by atoms with Gasteiger partial charge in [-0.05, 0) is 41.5 Å². The molecule has 4 aromatic rings. The zero-order valence-corrected chi connectivity index (χ0v) is 14.2. The van der Waals surface area contributed by atoms with Crippen molar-refractivity contribution in [2.24, 2.45) is 5.73 Å². The Kier molecular flexibility index (Phi) is 4.39. The van der Waals surface area contributed by atoms with Crippen molar-refractivity contribution in [3.05, 3.63) is 95.9 Å². The molecule has 0 aliphatic rings. The molecule has 4 heteroatoms. The third kappa shape index (κ3) is 3.44. The van der Waals surface area contributed by atoms with E-state index in [0.717, 1.165) is 33.3 Å². The van der Waals surface area contributed by atoms with Crippen LogP contribution in [-0.4, -0.2) is 9.97 Å². The molecular weight excluding hydrogens is 322 g/mol. The van der Waals surface area contributed by atoms with Gasteiger partial charge in [0, 0.05) is 40.8 Å². The Balaban J connectivity index is 1.61. The van der Waals surface area contributed by atoms with E-state index >= 15 is 0 Å². The molecule has 0 fully saturated rings. The Hall–Kier alpha value is -3.53. The first-order valence-electron chi connectivity index (χ1n) is 8.45. The second-order valence-electron chi connectivity index (χ2n) is 6.07. The smallest absolute Gasteiger partial charge is 0.120 e. The molecule has 2 aromatic carbocycles. The number of ether oxygens (including phenoxy) is 1. The van der Waals surface area contributed by atoms with Gasteiger partial charge in [0.1, 0.15) is 12.4 Å². The summed E-state index contributed by atoms with van der Waals surface area (Å²) in [4.78, 5) is 7.38. The number of aromatic nitrogens is 2. The van der Waals surface area contributed by atoms with Gasteiger partial charge in [-0.25, -0.2) is 0 Å². The predicted molar refractivity (Wildman–Crippen MR) is 105 cm³/mol. The van der Waals surface area contributed by atoms with E-state index in [2.05, 4.69) is 22.1 Å². The van der Waals surface area contributed by atoms with E-state index in [1.54, 1.807) is 12.4 Å². The Labute approximate surface area is 152 Å². The van der Waals surface area contributed by atoms with Crippen molar-refractivity contribution in [2.45, 2.75) is 6.61 Å². The van der Waals surface area contributed by atoms with Gasteiger partial charge in [0.2, 0.25) is 0 Å². The third-order valence-corrected chi connectivity index (χ3v) is 4.22. The second-order valence-corrected chi connectivity index (χ2v) is 6.07. The molecule has 0 unspecified atom stereocenters. The van der Waals surface area contributed by atoms with E-state index in [1.165, 1.54) is 0 Å². The Bertz CT molecular complexity index is 1040. The van der Waals surface area contributed by atoms with E-state index in [9.17, 15) is 0 Å². The molecule has 0 radical (unpaired) electrons. The lowest BCUT2D eigenvalue weighted by atomic mass is 10.1. The van der Waals surface area contributed by atoms with E-state index < -0.39 is 0 Å². The lowest BCUT2D eigenvalue weighted by Crippen LogP contribution is -1.96. The Morgan fingerprint density at radius 2 is 1.96 bits per heavy atom. The molecular formula is C22H19N3O. The number of hydrogen-bond acceptors (Lipinski definition) is 3. The molecule has 0 bridgehead atoms. The van der Waals surface area contributed by atoms with Gasteiger partial charge in [-0.15, -0.1) is 0 Å². The van der Waals surface area contributed by atoms with Gasteiger partial charge >= 0.3 is 0 Å². The molecule has 26 heavy (non-hydrogen) atoms. The van der Waals surface area contributed by atoms with Crippen molar-refractivity contribution < 1.29 is 4.74 Å². The molecule has 0 saturated heterocycles. The minimum Gasteiger partial charge on any atom is -0.489 e. The van der Waals surface area contributed by atoms with Crippen molar-refractivity contribution in [3.63, 3.8) is 0 Å². The van der Waals surface area contributed by atoms with Gasteiger partial charge in [0.05, 0.1) is 0 Å². The highest BCUT2D eigenvalue weighted by Crippen LogP contribution is 2.28. The average molecular weight is 341 g/mol. The lowest BCUT2D eigenvalue weighted by molar-refractivity contribution is 0.306. The number of nitrogens with zero attached hydrogens (tertiary/aromatic N) is 1. The SMILES string of the molecule is N/C(=C\c1cccnc1)c1c[nH]c2ccc(OCc3ccccc3)cc12. The quantitative estimate of drug-likeness (QED) is 0.558. The highest BCUT2D eigenvalue weighted by molar-refractivity contribution is 5.96. The molecule has 3 N–H and O–H groups in total. The van der Waals surface area contributed by atoms with Crippen LogP contribution in [0.2, 0.25) is 0 Å². The lowest BCUT2D eigenvalue weighted by Gasteiger charge is -2.07. The highest BCUT2D eigenvalue weighted by atomic mass is 16.5. The van der Waals surface area contributed by atoms with Crippen LogP contribution in [0.5, 0.6) is 5.75 Å². The van der Waals surface area contributed by atoms with Crippen LogP contribution in [0.4, 0.5) is 0 Å². The van der Waals surface area contributed by atoms with Gasteiger partial charge in [-0.3, -0.25) is 4.98 Å². The fourth-order valence-electron chi connectivity index (χ4n) is 2.89. The topological polar surface area (TPSA) is 63.9 Å². The minimum absolute atomic E-state index is 0.535. The van der Waals surface area contributed by atoms with Gasteiger partial charge in [-0.1, -0.05) is 36.4 Å². The molecule has 0 amide bonds. The fourth-order valence-corrected chi connectivity index (χ4v) is 2.89. The number of pyridine rings is 1. The third-order valence-electron chi connectivity index (χ3n) is 4.22. The largest absolute Gasteiger partial charge is 0.489 e. The zero-order valence-electron chi connectivity index (χ0n) is 14.2. The molecule has 0 atom stereocenters. The summed E-state index contributed by atoms with van der Waals surface area (Å²) in [5.41, 5.74) is 11.1. The zero-order chi connectivity index (χ0) is 17.8. The molecule has 2 heterocycles. The van der Waals surface area contributed by atoms with E-state index in [-0.39, 0.29) is 0 Å². The number of H-pyrrole nitrogens is 1. The summed E-state index contributed by atoms with van der Waals surface area (Å²) >= 11 is 0. The summed E-state index contributed by atoms with van der Waals surface area (Å²) in [6, 6.07) is 20.0. The van der Waals surface area contributed by atoms with Crippen LogP contribution < -0.4 is 10.5 Å². The molecule has 0 saturated carbocycles. The predicted octanol–water partition coefficient (Wildman–Crippen LogP) is 4.60. The number of aromatic amines is 1. The maximum absolute atomic E-state index is 6.33. The van der Waals surface area contributed by atoms with Crippen LogP contribution in [-0.2, 0) is 6.61 Å². The molecule has 128 valence electrons. The van der Waals surface area contributed by atoms with Gasteiger partial charge < -0.3 is 15.5 Å². The van der Waals surface area contributed by atoms with Crippen LogP contribution in [0.15, 0.2) is 79.3 Å². The summed E-state index contributed by atoms with van der Waals surface area (Å²) in [5, 5.41) is 1.04. The van der Waals surface area contributed by atoms with Gasteiger partial charge in [-0.2, -0.15) is 0 Å². The Morgan fingerprint density at radius 3 is 2.77 bits per heavy atom. The van der Waals surface area contributed by atoms with Crippen LogP contribution in [0.3, 0.4) is 0 Å². The maximum Gasteiger partial charge on any atom is 0.120 e. The summed E-state index contributed by atoms with van der Waals surface area (Å²) in [5.74, 6) is 0.816. The first-order chi connectivity index (χ1) is 12.8. The monoisotopic (exact) mass is 341 g/mol. The van der Waals surface area contributed by atoms with Crippen LogP contribution in [0, 0.1) is 0 Å². The van der Waals surface area contributed by atoms with Gasteiger partial charge in [0.15, 0.2) is 0 Å². The summed E-state index contributed by atoms with van der Waals surface area (Å²) in [7, 11) is 0. The number of nitrogens with one attached hydrogen (secondary N) is 1. The van der Waals surface area contributed by atoms with E-state index in [0.29, 0.717) is 12.3 Å². The number of hydrogen-bond donors (Lipinski definition) is 2. The number of fused-ring (bicyclic) bond motifs is 1. The number of rotatable bonds is 5. The number of benzene rings is 2. The van der Waals surface area contributed by atoms with Crippen molar-refractivity contribution >= 4 is 22.7 Å². The van der Waals surface area contributed by atoms with Crippen molar-refractivity contribution in [3.8, 4) is 5.75 Å². The molecule has 4 rings (SSSR count). The summed E-state index contributed by atoms with van der Waals surface area (Å²) in [6.45, 7) is 0.535. The van der Waals surface area contributed by atoms with Gasteiger partial charge in [0.25, 0.3) is 0 Å². The first kappa shape index (κ1) is 16.0. The molecule has 0 spiro atoms. The average Bonchev–Trinajstić information content (AvgIpc) is 3.11. The Morgan fingerprint density at radius 1 is 1.08 bits per heavy atom. The molecule has 2 aromatic heterocycles. The standard InChI is InChI=1S/C22H19N3O/c23-21(11-17-7-4-10-24-13-17)20-14-25-22-9-8-18(12-19(20)22)26-15-16-5-2-1-3-6-16/h1-14,25H,15,23H2/b21-11-. The molecule has 0 aliphatic carbocycles. The van der Waals surface area contributed by atoms with E-state index in [4.69, 9.17) is 10.5 Å². The second kappa shape index (κ2) is 7.15. The minimum atomic E-state index is 0.535. The fraction of sp³-hybridized carbons (Fsp3) is 0.0455. The normalized spacial score (nSPS) is 11.6. The van der Waals surface area contributed by atoms with Crippen LogP contribution >= 0.6 is 0 Å². The van der Waals surface area contributed by atoms with Crippen LogP contribution in [0.25, 0.3) is 22.7 Å². The van der Waals surface area contributed by atoms with Crippen LogP contribution in [0.1, 0.15) is 16.7 Å². The molecule has 4 nitrogen and oxygen atoms in total. The molecule has 0 aliphatic heterocycles. The summed E-state index contributed by atoms with van der Waals surface area (Å²) < 4.78 is 5.94. The first-order valence-corrected chi connectivity index (χ1v) is 8.45. The van der Waals surface area contributed by atoms with Crippen molar-refractivity contribution in [1.82, 2.24) is 9.97 Å². The van der Waals surface area contributed by atoms with Crippen molar-refractivity contribution in [1.29, 1.82) is 0 Å². The maximum atomic E-state index is 6.33. The van der Waals surface area contributed by atoms with Crippen molar-refractivity contribution in [2.75, 3.05) is 0 Å². The summed E-state index contributed by atoms with van der Waals surface area (Å²) in [6.07, 6.45) is 7.38. The highest BCUT2D eigenvalue weighted by Gasteiger charge is 2.08. The number of nitrogens with two attached hydrogens (primary N) is 1. The van der Waals surface area contributed by atoms with E-state index in [1.807, 2.05) is 60.8 Å².